The highest BCUT2D eigenvalue weighted by Crippen LogP contribution is 2.20. The number of rotatable bonds is 3. The van der Waals surface area contributed by atoms with Crippen LogP contribution in [0.25, 0.3) is 0 Å². The van der Waals surface area contributed by atoms with Gasteiger partial charge in [-0.05, 0) is 25.7 Å². The molecule has 1 aromatic heterocycles. The summed E-state index contributed by atoms with van der Waals surface area (Å²) in [6.07, 6.45) is 5.81. The highest BCUT2D eigenvalue weighted by atomic mass is 16.5. The maximum absolute atomic E-state index is 5.79. The van der Waals surface area contributed by atoms with Crippen LogP contribution in [0.4, 0.5) is 0 Å². The molecule has 0 bridgehead atoms. The molecule has 0 spiro atoms. The van der Waals surface area contributed by atoms with Crippen LogP contribution in [0, 0.1) is 0 Å². The molecule has 1 aliphatic carbocycles. The summed E-state index contributed by atoms with van der Waals surface area (Å²) in [6, 6.07) is 0.361. The smallest absolute Gasteiger partial charge is 0.213 e. The Morgan fingerprint density at radius 2 is 2.21 bits per heavy atom. The van der Waals surface area contributed by atoms with Gasteiger partial charge < -0.3 is 15.0 Å². The summed E-state index contributed by atoms with van der Waals surface area (Å²) in [5, 5.41) is 3.68. The van der Waals surface area contributed by atoms with Gasteiger partial charge in [0.25, 0.3) is 0 Å². The minimum absolute atomic E-state index is 0.313. The van der Waals surface area contributed by atoms with Crippen LogP contribution >= 0.6 is 0 Å². The molecule has 0 unspecified atom stereocenters. The van der Waals surface area contributed by atoms with Crippen molar-refractivity contribution in [2.45, 2.75) is 44.4 Å². The predicted molar refractivity (Wildman–Crippen MR) is 49.3 cm³/mol. The quantitative estimate of drug-likeness (QED) is 0.777. The van der Waals surface area contributed by atoms with Crippen LogP contribution in [-0.4, -0.2) is 22.3 Å². The lowest BCUT2D eigenvalue weighted by atomic mass is 9.94. The summed E-state index contributed by atoms with van der Waals surface area (Å²) in [6.45, 7) is 0.441. The fraction of sp³-hybridized carbons (Fsp3) is 0.778. The van der Waals surface area contributed by atoms with E-state index in [9.17, 15) is 0 Å². The van der Waals surface area contributed by atoms with Crippen LogP contribution in [0.3, 0.4) is 0 Å². The molecular formula is C9H15N3O2. The zero-order valence-electron chi connectivity index (χ0n) is 8.06. The first-order valence-electron chi connectivity index (χ1n) is 4.97. The van der Waals surface area contributed by atoms with Crippen LogP contribution in [0.15, 0.2) is 10.9 Å². The van der Waals surface area contributed by atoms with Crippen LogP contribution in [0.5, 0.6) is 0 Å². The van der Waals surface area contributed by atoms with Crippen molar-refractivity contribution in [3.8, 4) is 0 Å². The highest BCUT2D eigenvalue weighted by molar-refractivity contribution is 4.77. The summed E-state index contributed by atoms with van der Waals surface area (Å²) < 4.78 is 10.2. The SMILES string of the molecule is NC1CCC(OCc2ncon2)CC1. The normalized spacial score (nSPS) is 27.8. The van der Waals surface area contributed by atoms with Gasteiger partial charge in [-0.15, -0.1) is 0 Å². The van der Waals surface area contributed by atoms with Crippen molar-refractivity contribution < 1.29 is 9.26 Å². The molecule has 5 heteroatoms. The molecule has 0 amide bonds. The average molecular weight is 197 g/mol. The molecular weight excluding hydrogens is 182 g/mol. The van der Waals surface area contributed by atoms with Crippen LogP contribution in [0.2, 0.25) is 0 Å². The van der Waals surface area contributed by atoms with E-state index in [0.717, 1.165) is 25.7 Å². The van der Waals surface area contributed by atoms with Crippen molar-refractivity contribution in [3.05, 3.63) is 12.2 Å². The fourth-order valence-electron chi connectivity index (χ4n) is 1.70. The molecule has 0 radical (unpaired) electrons. The second-order valence-electron chi connectivity index (χ2n) is 3.70. The van der Waals surface area contributed by atoms with E-state index in [1.54, 1.807) is 0 Å². The van der Waals surface area contributed by atoms with Crippen molar-refractivity contribution in [2.24, 2.45) is 5.73 Å². The molecule has 1 aliphatic rings. The van der Waals surface area contributed by atoms with E-state index in [1.165, 1.54) is 6.39 Å². The van der Waals surface area contributed by atoms with Crippen LogP contribution < -0.4 is 5.73 Å². The van der Waals surface area contributed by atoms with Crippen LogP contribution in [-0.2, 0) is 11.3 Å². The van der Waals surface area contributed by atoms with Gasteiger partial charge in [-0.3, -0.25) is 0 Å². The first kappa shape index (κ1) is 9.61. The monoisotopic (exact) mass is 197 g/mol. The minimum atomic E-state index is 0.313. The Hall–Kier alpha value is -0.940. The Morgan fingerprint density at radius 3 is 2.86 bits per heavy atom. The lowest BCUT2D eigenvalue weighted by molar-refractivity contribution is 0.00981. The van der Waals surface area contributed by atoms with Crippen LogP contribution in [0.1, 0.15) is 31.5 Å². The van der Waals surface area contributed by atoms with Crippen molar-refractivity contribution in [1.82, 2.24) is 10.1 Å². The Kier molecular flexibility index (Phi) is 3.10. The van der Waals surface area contributed by atoms with Gasteiger partial charge in [0.15, 0.2) is 5.82 Å². The lowest BCUT2D eigenvalue weighted by Gasteiger charge is -2.25. The summed E-state index contributed by atoms with van der Waals surface area (Å²) in [5.41, 5.74) is 5.79. The lowest BCUT2D eigenvalue weighted by Crippen LogP contribution is -2.30. The molecule has 0 aliphatic heterocycles. The summed E-state index contributed by atoms with van der Waals surface area (Å²) in [5.74, 6) is 0.611. The summed E-state index contributed by atoms with van der Waals surface area (Å²) >= 11 is 0. The van der Waals surface area contributed by atoms with E-state index in [2.05, 4.69) is 14.7 Å². The molecule has 2 N–H and O–H groups in total. The van der Waals surface area contributed by atoms with Gasteiger partial charge in [-0.2, -0.15) is 4.98 Å². The number of hydrogen-bond donors (Lipinski definition) is 1. The van der Waals surface area contributed by atoms with Gasteiger partial charge in [0, 0.05) is 6.04 Å². The molecule has 1 saturated carbocycles. The summed E-state index contributed by atoms with van der Waals surface area (Å²) in [7, 11) is 0. The molecule has 14 heavy (non-hydrogen) atoms. The number of nitrogens with zero attached hydrogens (tertiary/aromatic N) is 2. The molecule has 0 aromatic carbocycles. The van der Waals surface area contributed by atoms with Gasteiger partial charge in [-0.1, -0.05) is 5.16 Å². The number of hydrogen-bond acceptors (Lipinski definition) is 5. The average Bonchev–Trinajstić information content (AvgIpc) is 2.70. The van der Waals surface area contributed by atoms with Crippen molar-refractivity contribution in [1.29, 1.82) is 0 Å². The molecule has 78 valence electrons. The molecule has 0 atom stereocenters. The molecule has 5 nitrogen and oxygen atoms in total. The van der Waals surface area contributed by atoms with E-state index >= 15 is 0 Å². The third-order valence-electron chi connectivity index (χ3n) is 2.57. The number of aromatic nitrogens is 2. The zero-order chi connectivity index (χ0) is 9.80. The van der Waals surface area contributed by atoms with Gasteiger partial charge in [0.05, 0.1) is 6.10 Å². The highest BCUT2D eigenvalue weighted by Gasteiger charge is 2.19. The van der Waals surface area contributed by atoms with Gasteiger partial charge >= 0.3 is 0 Å². The fourth-order valence-corrected chi connectivity index (χ4v) is 1.70. The predicted octanol–water partition coefficient (Wildman–Crippen LogP) is 0.856. The van der Waals surface area contributed by atoms with Crippen molar-refractivity contribution in [2.75, 3.05) is 0 Å². The van der Waals surface area contributed by atoms with Gasteiger partial charge in [0.1, 0.15) is 6.61 Å². The maximum Gasteiger partial charge on any atom is 0.213 e. The first-order chi connectivity index (χ1) is 6.84. The molecule has 0 saturated heterocycles. The van der Waals surface area contributed by atoms with E-state index in [1.807, 2.05) is 0 Å². The van der Waals surface area contributed by atoms with Gasteiger partial charge in [-0.25, -0.2) is 0 Å². The standard InChI is InChI=1S/C9H15N3O2/c10-7-1-3-8(4-2-7)13-5-9-11-6-14-12-9/h6-8H,1-5,10H2. The maximum atomic E-state index is 5.79. The third-order valence-corrected chi connectivity index (χ3v) is 2.57. The molecule has 1 aromatic rings. The zero-order valence-corrected chi connectivity index (χ0v) is 8.06. The van der Waals surface area contributed by atoms with E-state index in [-0.39, 0.29) is 0 Å². The van der Waals surface area contributed by atoms with Crippen molar-refractivity contribution in [3.63, 3.8) is 0 Å². The number of ether oxygens (including phenoxy) is 1. The molecule has 1 fully saturated rings. The van der Waals surface area contributed by atoms with E-state index in [4.69, 9.17) is 10.5 Å². The second kappa shape index (κ2) is 4.52. The minimum Gasteiger partial charge on any atom is -0.370 e. The van der Waals surface area contributed by atoms with E-state index < -0.39 is 0 Å². The Morgan fingerprint density at radius 1 is 1.43 bits per heavy atom. The van der Waals surface area contributed by atoms with Crippen molar-refractivity contribution >= 4 is 0 Å². The molecule has 1 heterocycles. The third kappa shape index (κ3) is 2.52. The first-order valence-corrected chi connectivity index (χ1v) is 4.97. The number of nitrogens with two attached hydrogens (primary N) is 1. The Labute approximate surface area is 82.6 Å². The summed E-state index contributed by atoms with van der Waals surface area (Å²) in [4.78, 5) is 3.89. The van der Waals surface area contributed by atoms with Gasteiger partial charge in [0.2, 0.25) is 6.39 Å². The largest absolute Gasteiger partial charge is 0.370 e. The second-order valence-corrected chi connectivity index (χ2v) is 3.70. The Bertz CT molecular complexity index is 255. The Balaban J connectivity index is 1.71. The van der Waals surface area contributed by atoms with E-state index in [0.29, 0.717) is 24.6 Å². The topological polar surface area (TPSA) is 74.2 Å². The molecule has 2 rings (SSSR count).